The number of nitrogens with zero attached hydrogens (tertiary/aromatic N) is 7. The van der Waals surface area contributed by atoms with Gasteiger partial charge in [-0.1, -0.05) is 0 Å². The topological polar surface area (TPSA) is 96.3 Å². The van der Waals surface area contributed by atoms with Gasteiger partial charge in [0.25, 0.3) is 0 Å². The number of nitrogens with one attached hydrogen (secondary N) is 2. The normalized spacial score (nSPS) is 18.1. The molecule has 0 aromatic carbocycles. The van der Waals surface area contributed by atoms with Crippen molar-refractivity contribution >= 4 is 34.3 Å². The van der Waals surface area contributed by atoms with E-state index in [1.807, 2.05) is 19.3 Å². The van der Waals surface area contributed by atoms with Crippen LogP contribution in [-0.2, 0) is 4.74 Å². The van der Waals surface area contributed by atoms with Gasteiger partial charge in [-0.2, -0.15) is 10.1 Å². The molecule has 2 aliphatic rings. The van der Waals surface area contributed by atoms with Crippen LogP contribution in [0, 0.1) is 0 Å². The molecule has 0 aliphatic carbocycles. The lowest BCUT2D eigenvalue weighted by molar-refractivity contribution is 0.0816. The zero-order chi connectivity index (χ0) is 24.4. The molecule has 35 heavy (non-hydrogen) atoms. The van der Waals surface area contributed by atoms with E-state index in [0.717, 1.165) is 86.2 Å². The number of aromatic nitrogens is 5. The third-order valence-electron chi connectivity index (χ3n) is 7.22. The summed E-state index contributed by atoms with van der Waals surface area (Å²) in [4.78, 5) is 18.6. The summed E-state index contributed by atoms with van der Waals surface area (Å²) in [5, 5.41) is 12.9. The highest BCUT2D eigenvalue weighted by Gasteiger charge is 2.24. The number of piperidine rings is 2. The van der Waals surface area contributed by atoms with Gasteiger partial charge >= 0.3 is 0 Å². The fraction of sp³-hybridized carbons (Fsp3) is 0.600. The molecule has 3 aromatic heterocycles. The van der Waals surface area contributed by atoms with Crippen molar-refractivity contribution in [3.05, 3.63) is 24.5 Å². The number of ether oxygens (including phenoxy) is 1. The highest BCUT2D eigenvalue weighted by atomic mass is 16.5. The molecular formula is C25H37N9O. The van der Waals surface area contributed by atoms with Crippen molar-refractivity contribution in [1.82, 2.24) is 30.0 Å². The van der Waals surface area contributed by atoms with Crippen LogP contribution in [0.2, 0.25) is 0 Å². The molecule has 0 amide bonds. The van der Waals surface area contributed by atoms with E-state index in [4.69, 9.17) is 19.8 Å². The van der Waals surface area contributed by atoms with Crippen molar-refractivity contribution in [2.75, 3.05) is 55.5 Å². The number of rotatable bonds is 7. The van der Waals surface area contributed by atoms with E-state index in [1.54, 1.807) is 13.3 Å². The molecule has 10 heteroatoms. The largest absolute Gasteiger partial charge is 0.381 e. The van der Waals surface area contributed by atoms with Gasteiger partial charge in [0.2, 0.25) is 5.95 Å². The van der Waals surface area contributed by atoms with Gasteiger partial charge in [-0.25, -0.2) is 9.97 Å². The van der Waals surface area contributed by atoms with Crippen LogP contribution in [0.3, 0.4) is 0 Å². The van der Waals surface area contributed by atoms with Crippen LogP contribution in [0.25, 0.3) is 10.9 Å². The number of hydrogen-bond acceptors (Lipinski definition) is 9. The van der Waals surface area contributed by atoms with Crippen molar-refractivity contribution in [3.63, 3.8) is 0 Å². The number of fused-ring (bicyclic) bond motifs is 1. The van der Waals surface area contributed by atoms with E-state index in [1.165, 1.54) is 0 Å². The molecule has 2 fully saturated rings. The van der Waals surface area contributed by atoms with Crippen LogP contribution in [-0.4, -0.2) is 77.2 Å². The predicted molar refractivity (Wildman–Crippen MR) is 140 cm³/mol. The lowest BCUT2D eigenvalue weighted by Crippen LogP contribution is -2.41. The van der Waals surface area contributed by atoms with E-state index < -0.39 is 0 Å². The van der Waals surface area contributed by atoms with E-state index in [0.29, 0.717) is 12.1 Å². The second-order valence-corrected chi connectivity index (χ2v) is 9.79. The Morgan fingerprint density at radius 3 is 2.43 bits per heavy atom. The van der Waals surface area contributed by atoms with E-state index in [-0.39, 0.29) is 6.04 Å². The summed E-state index contributed by atoms with van der Waals surface area (Å²) in [7, 11) is 3.83. The van der Waals surface area contributed by atoms with Crippen molar-refractivity contribution in [2.45, 2.75) is 57.7 Å². The molecule has 3 aromatic rings. The van der Waals surface area contributed by atoms with Crippen LogP contribution in [0.1, 0.15) is 45.6 Å². The third kappa shape index (κ3) is 5.04. The maximum Gasteiger partial charge on any atom is 0.227 e. The zero-order valence-electron chi connectivity index (χ0n) is 21.2. The summed E-state index contributed by atoms with van der Waals surface area (Å²) in [6.07, 6.45) is 8.30. The van der Waals surface area contributed by atoms with Crippen LogP contribution < -0.4 is 20.4 Å². The summed E-state index contributed by atoms with van der Waals surface area (Å²) < 4.78 is 7.59. The summed E-state index contributed by atoms with van der Waals surface area (Å²) in [5.41, 5.74) is 1.08. The molecule has 188 valence electrons. The standard InChI is InChI=1S/C25H37N9O/c1-17(2)34-21-15-23(28-16-20(21)24(31-34)32-11-6-18(26-3)7-12-32)29-22-5-10-27-25(30-22)33-13-8-19(35-4)9-14-33/h5,10,15-19,26H,6-9,11-14H2,1-4H3,(H,27,28,29,30). The number of methoxy groups -OCH3 is 1. The fourth-order valence-corrected chi connectivity index (χ4v) is 5.09. The van der Waals surface area contributed by atoms with Crippen molar-refractivity contribution < 1.29 is 4.74 Å². The molecule has 0 atom stereocenters. The van der Waals surface area contributed by atoms with Gasteiger partial charge in [-0.3, -0.25) is 4.68 Å². The zero-order valence-corrected chi connectivity index (χ0v) is 21.2. The summed E-state index contributed by atoms with van der Waals surface area (Å²) in [5.74, 6) is 3.26. The Morgan fingerprint density at radius 1 is 1.00 bits per heavy atom. The first-order valence-corrected chi connectivity index (χ1v) is 12.7. The van der Waals surface area contributed by atoms with Crippen molar-refractivity contribution in [2.24, 2.45) is 0 Å². The predicted octanol–water partition coefficient (Wildman–Crippen LogP) is 3.35. The fourth-order valence-electron chi connectivity index (χ4n) is 5.09. The van der Waals surface area contributed by atoms with Crippen LogP contribution in [0.15, 0.2) is 24.5 Å². The van der Waals surface area contributed by atoms with Crippen molar-refractivity contribution in [1.29, 1.82) is 0 Å². The Kier molecular flexibility index (Phi) is 7.01. The Labute approximate surface area is 207 Å². The molecule has 0 bridgehead atoms. The molecule has 2 aliphatic heterocycles. The first-order valence-electron chi connectivity index (χ1n) is 12.7. The first kappa shape index (κ1) is 23.7. The summed E-state index contributed by atoms with van der Waals surface area (Å²) in [6, 6.07) is 4.80. The Morgan fingerprint density at radius 2 is 1.74 bits per heavy atom. The van der Waals surface area contributed by atoms with Gasteiger partial charge in [0.1, 0.15) is 11.6 Å². The maximum atomic E-state index is 5.49. The van der Waals surface area contributed by atoms with Gasteiger partial charge in [0.15, 0.2) is 5.82 Å². The highest BCUT2D eigenvalue weighted by Crippen LogP contribution is 2.31. The van der Waals surface area contributed by atoms with Crippen LogP contribution in [0.5, 0.6) is 0 Å². The van der Waals surface area contributed by atoms with E-state index in [2.05, 4.69) is 50.0 Å². The average molecular weight is 480 g/mol. The summed E-state index contributed by atoms with van der Waals surface area (Å²) in [6.45, 7) is 8.13. The van der Waals surface area contributed by atoms with Crippen LogP contribution in [0.4, 0.5) is 23.4 Å². The van der Waals surface area contributed by atoms with E-state index >= 15 is 0 Å². The smallest absolute Gasteiger partial charge is 0.227 e. The van der Waals surface area contributed by atoms with Gasteiger partial charge in [-0.05, 0) is 52.6 Å². The maximum absolute atomic E-state index is 5.49. The highest BCUT2D eigenvalue weighted by molar-refractivity contribution is 5.92. The quantitative estimate of drug-likeness (QED) is 0.529. The molecule has 0 radical (unpaired) electrons. The molecule has 2 saturated heterocycles. The Bertz CT molecular complexity index is 1130. The molecule has 2 N–H and O–H groups in total. The van der Waals surface area contributed by atoms with Gasteiger partial charge < -0.3 is 25.2 Å². The van der Waals surface area contributed by atoms with Crippen LogP contribution >= 0.6 is 0 Å². The molecular weight excluding hydrogens is 442 g/mol. The minimum atomic E-state index is 0.247. The van der Waals surface area contributed by atoms with E-state index in [9.17, 15) is 0 Å². The minimum Gasteiger partial charge on any atom is -0.381 e. The first-order chi connectivity index (χ1) is 17.1. The lowest BCUT2D eigenvalue weighted by Gasteiger charge is -2.32. The third-order valence-corrected chi connectivity index (χ3v) is 7.22. The van der Waals surface area contributed by atoms with Gasteiger partial charge in [0, 0.05) is 63.8 Å². The molecule has 5 heterocycles. The minimum absolute atomic E-state index is 0.247. The van der Waals surface area contributed by atoms with Crippen molar-refractivity contribution in [3.8, 4) is 0 Å². The SMILES string of the molecule is CNC1CCN(c2nn(C(C)C)c3cc(Nc4ccnc(N5CCC(OC)CC5)n4)ncc23)CC1. The second kappa shape index (κ2) is 10.3. The monoisotopic (exact) mass is 479 g/mol. The molecule has 0 unspecified atom stereocenters. The Balaban J connectivity index is 1.37. The number of hydrogen-bond donors (Lipinski definition) is 2. The molecule has 0 saturated carbocycles. The summed E-state index contributed by atoms with van der Waals surface area (Å²) >= 11 is 0. The Hall–Kier alpha value is -2.98. The second-order valence-electron chi connectivity index (χ2n) is 9.79. The number of anilines is 4. The average Bonchev–Trinajstić information content (AvgIpc) is 3.28. The lowest BCUT2D eigenvalue weighted by atomic mass is 10.1. The molecule has 5 rings (SSSR count). The number of pyridine rings is 1. The molecule has 10 nitrogen and oxygen atoms in total. The van der Waals surface area contributed by atoms with Gasteiger partial charge in [0.05, 0.1) is 17.0 Å². The molecule has 0 spiro atoms. The van der Waals surface area contributed by atoms with Gasteiger partial charge in [-0.15, -0.1) is 0 Å².